The highest BCUT2D eigenvalue weighted by atomic mass is 32.2. The summed E-state index contributed by atoms with van der Waals surface area (Å²) >= 11 is 0. The third-order valence-corrected chi connectivity index (χ3v) is 3.70. The van der Waals surface area contributed by atoms with Crippen LogP contribution in [-0.2, 0) is 14.8 Å². The Bertz CT molecular complexity index is 442. The van der Waals surface area contributed by atoms with E-state index in [1.807, 2.05) is 6.92 Å². The fourth-order valence-corrected chi connectivity index (χ4v) is 2.49. The van der Waals surface area contributed by atoms with Gasteiger partial charge in [0.1, 0.15) is 0 Å². The number of hydrogen-bond donors (Lipinski definition) is 2. The van der Waals surface area contributed by atoms with Gasteiger partial charge in [-0.3, -0.25) is 0 Å². The number of nitrogens with two attached hydrogens (primary N) is 1. The predicted molar refractivity (Wildman–Crippen MR) is 67.1 cm³/mol. The molecule has 1 rings (SSSR count). The van der Waals surface area contributed by atoms with Crippen LogP contribution in [0.5, 0.6) is 0 Å². The van der Waals surface area contributed by atoms with E-state index >= 15 is 0 Å². The van der Waals surface area contributed by atoms with Gasteiger partial charge in [0.25, 0.3) is 0 Å². The molecule has 0 heterocycles. The molecule has 5 nitrogen and oxygen atoms in total. The van der Waals surface area contributed by atoms with Gasteiger partial charge in [-0.15, -0.1) is 0 Å². The lowest BCUT2D eigenvalue weighted by molar-refractivity contribution is 0.161. The molecular formula is C11H18N2O3S. The van der Waals surface area contributed by atoms with Crippen molar-refractivity contribution < 1.29 is 13.2 Å². The smallest absolute Gasteiger partial charge is 0.240 e. The van der Waals surface area contributed by atoms with E-state index in [2.05, 4.69) is 4.72 Å². The topological polar surface area (TPSA) is 81.4 Å². The van der Waals surface area contributed by atoms with Crippen LogP contribution >= 0.6 is 0 Å². The normalized spacial score (nSPS) is 13.5. The number of nitrogens with one attached hydrogen (secondary N) is 1. The van der Waals surface area contributed by atoms with Gasteiger partial charge in [-0.25, -0.2) is 13.1 Å². The molecule has 0 aliphatic carbocycles. The van der Waals surface area contributed by atoms with Crippen molar-refractivity contribution in [3.8, 4) is 0 Å². The summed E-state index contributed by atoms with van der Waals surface area (Å²) in [6.45, 7) is 2.78. The molecule has 0 saturated heterocycles. The Morgan fingerprint density at radius 2 is 1.94 bits per heavy atom. The van der Waals surface area contributed by atoms with Crippen LogP contribution in [0.25, 0.3) is 0 Å². The maximum absolute atomic E-state index is 11.9. The number of methoxy groups -OCH3 is 1. The van der Waals surface area contributed by atoms with Gasteiger partial charge in [-0.2, -0.15) is 0 Å². The third kappa shape index (κ3) is 4.33. The number of rotatable bonds is 6. The minimum Gasteiger partial charge on any atom is -0.399 e. The van der Waals surface area contributed by atoms with Gasteiger partial charge in [0.2, 0.25) is 10.0 Å². The van der Waals surface area contributed by atoms with Crippen LogP contribution in [0.3, 0.4) is 0 Å². The zero-order valence-corrected chi connectivity index (χ0v) is 10.8. The monoisotopic (exact) mass is 258 g/mol. The SMILES string of the molecule is COCC(C)CNS(=O)(=O)c1ccc(N)cc1. The average molecular weight is 258 g/mol. The Morgan fingerprint density at radius 3 is 2.47 bits per heavy atom. The first-order valence-corrected chi connectivity index (χ1v) is 6.78. The van der Waals surface area contributed by atoms with E-state index in [1.165, 1.54) is 12.1 Å². The lowest BCUT2D eigenvalue weighted by Gasteiger charge is -2.12. The van der Waals surface area contributed by atoms with E-state index in [4.69, 9.17) is 10.5 Å². The van der Waals surface area contributed by atoms with Gasteiger partial charge >= 0.3 is 0 Å². The number of benzene rings is 1. The van der Waals surface area contributed by atoms with Crippen molar-refractivity contribution >= 4 is 15.7 Å². The Balaban J connectivity index is 2.66. The van der Waals surface area contributed by atoms with Gasteiger partial charge in [0.05, 0.1) is 4.90 Å². The molecule has 1 aromatic rings. The van der Waals surface area contributed by atoms with Crippen molar-refractivity contribution in [3.63, 3.8) is 0 Å². The van der Waals surface area contributed by atoms with Crippen LogP contribution < -0.4 is 10.5 Å². The molecule has 96 valence electrons. The van der Waals surface area contributed by atoms with Gasteiger partial charge in [0.15, 0.2) is 0 Å². The van der Waals surface area contributed by atoms with Crippen LogP contribution in [0.2, 0.25) is 0 Å². The van der Waals surface area contributed by atoms with Gasteiger partial charge < -0.3 is 10.5 Å². The minimum absolute atomic E-state index is 0.128. The number of ether oxygens (including phenoxy) is 1. The fraction of sp³-hybridized carbons (Fsp3) is 0.455. The van der Waals surface area contributed by atoms with Gasteiger partial charge in [-0.1, -0.05) is 6.92 Å². The zero-order chi connectivity index (χ0) is 12.9. The van der Waals surface area contributed by atoms with E-state index in [0.29, 0.717) is 18.8 Å². The molecule has 0 bridgehead atoms. The largest absolute Gasteiger partial charge is 0.399 e. The highest BCUT2D eigenvalue weighted by molar-refractivity contribution is 7.89. The summed E-state index contributed by atoms with van der Waals surface area (Å²) in [6, 6.07) is 6.09. The van der Waals surface area contributed by atoms with E-state index in [0.717, 1.165) is 0 Å². The second-order valence-electron chi connectivity index (χ2n) is 3.98. The molecule has 3 N–H and O–H groups in total. The summed E-state index contributed by atoms with van der Waals surface area (Å²) in [6.07, 6.45) is 0. The Hall–Kier alpha value is -1.11. The molecule has 0 spiro atoms. The molecule has 0 aromatic heterocycles. The molecule has 1 aromatic carbocycles. The second-order valence-corrected chi connectivity index (χ2v) is 5.75. The Morgan fingerprint density at radius 1 is 1.35 bits per heavy atom. The number of sulfonamides is 1. The summed E-state index contributed by atoms with van der Waals surface area (Å²) in [5.41, 5.74) is 6.04. The quantitative estimate of drug-likeness (QED) is 0.740. The van der Waals surface area contributed by atoms with E-state index < -0.39 is 10.0 Å². The molecule has 0 saturated carbocycles. The first-order chi connectivity index (χ1) is 7.95. The number of hydrogen-bond acceptors (Lipinski definition) is 4. The zero-order valence-electron chi connectivity index (χ0n) is 10.0. The molecule has 17 heavy (non-hydrogen) atoms. The van der Waals surface area contributed by atoms with Crippen LogP contribution in [-0.4, -0.2) is 28.7 Å². The van der Waals surface area contributed by atoms with E-state index in [1.54, 1.807) is 19.2 Å². The standard InChI is InChI=1S/C11H18N2O3S/c1-9(8-16-2)7-13-17(14,15)11-5-3-10(12)4-6-11/h3-6,9,13H,7-8,12H2,1-2H3. The van der Waals surface area contributed by atoms with Crippen LogP contribution in [0.4, 0.5) is 5.69 Å². The highest BCUT2D eigenvalue weighted by Crippen LogP contribution is 2.11. The van der Waals surface area contributed by atoms with Crippen molar-refractivity contribution in [2.45, 2.75) is 11.8 Å². The first-order valence-electron chi connectivity index (χ1n) is 5.30. The van der Waals surface area contributed by atoms with Crippen molar-refractivity contribution in [1.29, 1.82) is 0 Å². The third-order valence-electron chi connectivity index (χ3n) is 2.26. The maximum Gasteiger partial charge on any atom is 0.240 e. The second kappa shape index (κ2) is 6.00. The molecule has 6 heteroatoms. The number of nitrogen functional groups attached to an aromatic ring is 1. The molecule has 0 aliphatic heterocycles. The molecule has 0 aliphatic rings. The number of anilines is 1. The predicted octanol–water partition coefficient (Wildman–Crippen LogP) is 0.830. The molecule has 0 radical (unpaired) electrons. The summed E-state index contributed by atoms with van der Waals surface area (Å²) in [5, 5.41) is 0. The maximum atomic E-state index is 11.9. The summed E-state index contributed by atoms with van der Waals surface area (Å²) in [4.78, 5) is 0.219. The Kier molecular flexibility index (Phi) is 4.92. The van der Waals surface area contributed by atoms with Crippen molar-refractivity contribution in [2.24, 2.45) is 5.92 Å². The van der Waals surface area contributed by atoms with Crippen molar-refractivity contribution in [3.05, 3.63) is 24.3 Å². The highest BCUT2D eigenvalue weighted by Gasteiger charge is 2.14. The van der Waals surface area contributed by atoms with Crippen LogP contribution in [0.15, 0.2) is 29.2 Å². The van der Waals surface area contributed by atoms with Crippen molar-refractivity contribution in [2.75, 3.05) is 26.0 Å². The molecule has 0 amide bonds. The lowest BCUT2D eigenvalue weighted by Crippen LogP contribution is -2.30. The fourth-order valence-electron chi connectivity index (χ4n) is 1.33. The van der Waals surface area contributed by atoms with Crippen molar-refractivity contribution in [1.82, 2.24) is 4.72 Å². The van der Waals surface area contributed by atoms with E-state index in [9.17, 15) is 8.42 Å². The van der Waals surface area contributed by atoms with Crippen LogP contribution in [0, 0.1) is 5.92 Å². The minimum atomic E-state index is -3.45. The summed E-state index contributed by atoms with van der Waals surface area (Å²) in [7, 11) is -1.86. The first kappa shape index (κ1) is 14.0. The molecule has 1 atom stereocenters. The molecule has 1 unspecified atom stereocenters. The van der Waals surface area contributed by atoms with Gasteiger partial charge in [-0.05, 0) is 30.2 Å². The molecule has 0 fully saturated rings. The average Bonchev–Trinajstić information content (AvgIpc) is 2.28. The lowest BCUT2D eigenvalue weighted by atomic mass is 10.2. The Labute approximate surface area is 102 Å². The van der Waals surface area contributed by atoms with E-state index in [-0.39, 0.29) is 10.8 Å². The van der Waals surface area contributed by atoms with Gasteiger partial charge in [0, 0.05) is 25.9 Å². The summed E-state index contributed by atoms with van der Waals surface area (Å²) < 4.78 is 31.2. The van der Waals surface area contributed by atoms with Crippen LogP contribution in [0.1, 0.15) is 6.92 Å². The summed E-state index contributed by atoms with van der Waals surface area (Å²) in [5.74, 6) is 0.128. The molecular weight excluding hydrogens is 240 g/mol.